The van der Waals surface area contributed by atoms with Crippen molar-refractivity contribution in [3.05, 3.63) is 77.0 Å². The van der Waals surface area contributed by atoms with Gasteiger partial charge in [0.2, 0.25) is 11.8 Å². The highest BCUT2D eigenvalue weighted by atomic mass is 32.1. The fourth-order valence-corrected chi connectivity index (χ4v) is 3.70. The molecule has 2 aromatic heterocycles. The van der Waals surface area contributed by atoms with Crippen molar-refractivity contribution in [1.82, 2.24) is 18.3 Å². The molecule has 158 valence electrons. The molecule has 0 bridgehead atoms. The number of aromatic nitrogens is 4. The maximum absolute atomic E-state index is 13.6. The molecule has 0 fully saturated rings. The molecular weight excluding hydrogens is 431 g/mol. The van der Waals surface area contributed by atoms with Crippen LogP contribution >= 0.6 is 24.4 Å². The smallest absolute Gasteiger partial charge is 0.262 e. The number of rotatable bonds is 3. The molecule has 0 saturated heterocycles. The Morgan fingerprint density at radius 1 is 0.767 bits per heavy atom. The standard InChI is InChI=1S/C19H19FN4O4S2/c1-21-14(25)12(15(26)22(2)18(21)29)11(9-5-7-10(20)8-6-9)13-16(27)23(3)19(30)24(4)17(13)28/h5-8,11,25,27H,1-4H3. The summed E-state index contributed by atoms with van der Waals surface area (Å²) in [5, 5.41) is 21.6. The minimum Gasteiger partial charge on any atom is -0.494 e. The Kier molecular flexibility index (Phi) is 5.52. The molecule has 2 N–H and O–H groups in total. The van der Waals surface area contributed by atoms with Crippen LogP contribution in [0, 0.1) is 15.4 Å². The van der Waals surface area contributed by atoms with Crippen LogP contribution in [0.15, 0.2) is 33.9 Å². The van der Waals surface area contributed by atoms with Crippen LogP contribution in [0.1, 0.15) is 22.6 Å². The van der Waals surface area contributed by atoms with Crippen molar-refractivity contribution in [2.45, 2.75) is 5.92 Å². The molecule has 30 heavy (non-hydrogen) atoms. The highest BCUT2D eigenvalue weighted by Gasteiger charge is 2.32. The minimum atomic E-state index is -1.22. The van der Waals surface area contributed by atoms with Crippen molar-refractivity contribution in [2.75, 3.05) is 0 Å². The second-order valence-electron chi connectivity index (χ2n) is 6.87. The molecule has 3 rings (SSSR count). The van der Waals surface area contributed by atoms with Crippen LogP contribution in [-0.2, 0) is 28.2 Å². The number of hydrogen-bond donors (Lipinski definition) is 2. The van der Waals surface area contributed by atoms with Gasteiger partial charge in [-0.3, -0.25) is 27.9 Å². The zero-order valence-electron chi connectivity index (χ0n) is 16.6. The predicted octanol–water partition coefficient (Wildman–Crippen LogP) is 1.95. The van der Waals surface area contributed by atoms with Crippen LogP contribution in [0.3, 0.4) is 0 Å². The second kappa shape index (κ2) is 7.65. The third kappa shape index (κ3) is 3.19. The van der Waals surface area contributed by atoms with Gasteiger partial charge in [0.15, 0.2) is 9.54 Å². The Morgan fingerprint density at radius 2 is 1.13 bits per heavy atom. The molecule has 8 nitrogen and oxygen atoms in total. The van der Waals surface area contributed by atoms with Crippen molar-refractivity contribution in [2.24, 2.45) is 28.2 Å². The third-order valence-electron chi connectivity index (χ3n) is 5.12. The van der Waals surface area contributed by atoms with Crippen LogP contribution in [0.5, 0.6) is 11.8 Å². The summed E-state index contributed by atoms with van der Waals surface area (Å²) in [6.45, 7) is 0. The third-order valence-corrected chi connectivity index (χ3v) is 6.21. The van der Waals surface area contributed by atoms with Gasteiger partial charge < -0.3 is 10.2 Å². The van der Waals surface area contributed by atoms with Gasteiger partial charge in [-0.25, -0.2) is 4.39 Å². The van der Waals surface area contributed by atoms with Crippen molar-refractivity contribution in [1.29, 1.82) is 0 Å². The molecule has 11 heteroatoms. The summed E-state index contributed by atoms with van der Waals surface area (Å²) in [7, 11) is 5.79. The van der Waals surface area contributed by atoms with Gasteiger partial charge in [0, 0.05) is 28.2 Å². The number of nitrogens with zero attached hydrogens (tertiary/aromatic N) is 4. The number of halogens is 1. The van der Waals surface area contributed by atoms with E-state index in [9.17, 15) is 24.2 Å². The number of aromatic hydroxyl groups is 2. The van der Waals surface area contributed by atoms with E-state index in [1.807, 2.05) is 0 Å². The summed E-state index contributed by atoms with van der Waals surface area (Å²) in [5.74, 6) is -2.68. The lowest BCUT2D eigenvalue weighted by Crippen LogP contribution is -2.33. The van der Waals surface area contributed by atoms with E-state index >= 15 is 0 Å². The van der Waals surface area contributed by atoms with Crippen LogP contribution in [0.25, 0.3) is 0 Å². The van der Waals surface area contributed by atoms with E-state index in [2.05, 4.69) is 0 Å². The van der Waals surface area contributed by atoms with Crippen molar-refractivity contribution in [3.8, 4) is 11.8 Å². The molecule has 0 aliphatic heterocycles. The highest BCUT2D eigenvalue weighted by Crippen LogP contribution is 2.36. The summed E-state index contributed by atoms with van der Waals surface area (Å²) >= 11 is 10.3. The molecule has 0 aliphatic carbocycles. The summed E-state index contributed by atoms with van der Waals surface area (Å²) in [4.78, 5) is 26.2. The summed E-state index contributed by atoms with van der Waals surface area (Å²) in [6.07, 6.45) is 0. The van der Waals surface area contributed by atoms with Crippen molar-refractivity contribution in [3.63, 3.8) is 0 Å². The van der Waals surface area contributed by atoms with Crippen LogP contribution in [0.4, 0.5) is 4.39 Å². The Morgan fingerprint density at radius 3 is 1.50 bits per heavy atom. The van der Waals surface area contributed by atoms with Gasteiger partial charge in [-0.2, -0.15) is 0 Å². The maximum atomic E-state index is 13.6. The summed E-state index contributed by atoms with van der Waals surface area (Å²) in [5.41, 5.74) is -1.38. The monoisotopic (exact) mass is 450 g/mol. The Labute approximate surface area is 180 Å². The van der Waals surface area contributed by atoms with Gasteiger partial charge >= 0.3 is 0 Å². The molecule has 0 spiro atoms. The topological polar surface area (TPSA) is 94.3 Å². The zero-order chi connectivity index (χ0) is 22.5. The molecule has 0 radical (unpaired) electrons. The highest BCUT2D eigenvalue weighted by molar-refractivity contribution is 7.71. The lowest BCUT2D eigenvalue weighted by atomic mass is 9.86. The van der Waals surface area contributed by atoms with E-state index in [0.717, 1.165) is 21.3 Å². The first-order chi connectivity index (χ1) is 14.0. The van der Waals surface area contributed by atoms with E-state index in [1.165, 1.54) is 49.5 Å². The van der Waals surface area contributed by atoms with E-state index in [0.29, 0.717) is 5.56 Å². The van der Waals surface area contributed by atoms with Gasteiger partial charge in [-0.15, -0.1) is 0 Å². The Hall–Kier alpha value is -3.05. The van der Waals surface area contributed by atoms with E-state index in [-0.39, 0.29) is 20.7 Å². The number of benzene rings is 1. The lowest BCUT2D eigenvalue weighted by molar-refractivity contribution is 0.395. The Balaban J connectivity index is 2.57. The summed E-state index contributed by atoms with van der Waals surface area (Å²) in [6, 6.07) is 5.07. The fourth-order valence-electron chi connectivity index (χ4n) is 3.36. The first-order valence-electron chi connectivity index (χ1n) is 8.72. The average Bonchev–Trinajstić information content (AvgIpc) is 2.73. The molecule has 0 amide bonds. The van der Waals surface area contributed by atoms with Crippen molar-refractivity contribution < 1.29 is 14.6 Å². The molecule has 0 unspecified atom stereocenters. The molecule has 0 atom stereocenters. The predicted molar refractivity (Wildman–Crippen MR) is 114 cm³/mol. The van der Waals surface area contributed by atoms with Crippen molar-refractivity contribution >= 4 is 24.4 Å². The molecular formula is C19H19FN4O4S2. The van der Waals surface area contributed by atoms with Gasteiger partial charge in [0.05, 0.1) is 17.0 Å². The normalized spacial score (nSPS) is 11.3. The SMILES string of the molecule is Cn1c(O)c(C(c2ccc(F)cc2)c2c(O)n(C)c(=S)n(C)c2=O)c(=O)n(C)c1=S. The quantitative estimate of drug-likeness (QED) is 0.593. The van der Waals surface area contributed by atoms with E-state index < -0.39 is 34.6 Å². The van der Waals surface area contributed by atoms with Gasteiger partial charge in [-0.05, 0) is 42.1 Å². The summed E-state index contributed by atoms with van der Waals surface area (Å²) < 4.78 is 18.4. The molecule has 1 aromatic carbocycles. The minimum absolute atomic E-state index is 0.0580. The molecule has 2 heterocycles. The van der Waals surface area contributed by atoms with E-state index in [4.69, 9.17) is 24.4 Å². The fraction of sp³-hybridized carbons (Fsp3) is 0.263. The van der Waals surface area contributed by atoms with Crippen LogP contribution in [-0.4, -0.2) is 28.5 Å². The molecule has 0 saturated carbocycles. The maximum Gasteiger partial charge on any atom is 0.262 e. The first-order valence-corrected chi connectivity index (χ1v) is 9.53. The lowest BCUT2D eigenvalue weighted by Gasteiger charge is -2.23. The van der Waals surface area contributed by atoms with Gasteiger partial charge in [0.1, 0.15) is 5.82 Å². The largest absolute Gasteiger partial charge is 0.494 e. The first kappa shape index (κ1) is 21.7. The molecule has 0 aliphatic rings. The van der Waals surface area contributed by atoms with E-state index in [1.54, 1.807) is 0 Å². The molecule has 3 aromatic rings. The van der Waals surface area contributed by atoms with Gasteiger partial charge in [0.25, 0.3) is 11.1 Å². The Bertz CT molecular complexity index is 1320. The van der Waals surface area contributed by atoms with Crippen LogP contribution < -0.4 is 11.1 Å². The second-order valence-corrected chi connectivity index (χ2v) is 7.60. The zero-order valence-corrected chi connectivity index (χ0v) is 18.2. The average molecular weight is 451 g/mol. The van der Waals surface area contributed by atoms with Crippen LogP contribution in [0.2, 0.25) is 0 Å². The van der Waals surface area contributed by atoms with Gasteiger partial charge in [-0.1, -0.05) is 12.1 Å². The number of hydrogen-bond acceptors (Lipinski definition) is 6.